The summed E-state index contributed by atoms with van der Waals surface area (Å²) in [4.78, 5) is 20.7. The minimum atomic E-state index is -0.0726. The minimum Gasteiger partial charge on any atom is -0.438 e. The van der Waals surface area contributed by atoms with E-state index in [0.29, 0.717) is 23.3 Å². The molecule has 0 spiro atoms. The van der Waals surface area contributed by atoms with E-state index in [4.69, 9.17) is 4.74 Å². The van der Waals surface area contributed by atoms with Crippen LogP contribution in [0, 0.1) is 0 Å². The maximum atomic E-state index is 12.0. The Morgan fingerprint density at radius 2 is 1.52 bits per heavy atom. The van der Waals surface area contributed by atoms with Gasteiger partial charge in [-0.15, -0.1) is 10.2 Å². The quantitative estimate of drug-likeness (QED) is 0.248. The Balaban J connectivity index is 1.15. The molecule has 0 aliphatic carbocycles. The lowest BCUT2D eigenvalue weighted by Crippen LogP contribution is -2.04. The van der Waals surface area contributed by atoms with Gasteiger partial charge in [0.1, 0.15) is 17.3 Å². The molecule has 0 radical (unpaired) electrons. The number of ether oxygens (including phenoxy) is 1. The Hall–Kier alpha value is -5.63. The van der Waals surface area contributed by atoms with Crippen LogP contribution in [0.25, 0.3) is 33.2 Å². The van der Waals surface area contributed by atoms with Crippen molar-refractivity contribution in [1.29, 1.82) is 0 Å². The van der Waals surface area contributed by atoms with Gasteiger partial charge in [-0.2, -0.15) is 0 Å². The lowest BCUT2D eigenvalue weighted by atomic mass is 10.0. The van der Waals surface area contributed by atoms with E-state index >= 15 is 0 Å². The van der Waals surface area contributed by atoms with E-state index in [0.717, 1.165) is 44.4 Å². The van der Waals surface area contributed by atoms with Gasteiger partial charge in [-0.1, -0.05) is 54.6 Å². The number of fused-ring (bicyclic) bond motifs is 2. The average Bonchev–Trinajstić information content (AvgIpc) is 3.39. The molecular weight excluding hydrogens is 500 g/mol. The molecule has 0 saturated heterocycles. The zero-order valence-corrected chi connectivity index (χ0v) is 21.2. The fourth-order valence-electron chi connectivity index (χ4n) is 4.91. The predicted octanol–water partition coefficient (Wildman–Crippen LogP) is 6.78. The van der Waals surface area contributed by atoms with Gasteiger partial charge in [-0.05, 0) is 48.0 Å². The number of hydrogen-bond acceptors (Lipinski definition) is 7. The van der Waals surface area contributed by atoms with Gasteiger partial charge in [0.2, 0.25) is 11.8 Å². The van der Waals surface area contributed by atoms with Crippen molar-refractivity contribution in [3.8, 4) is 34.0 Å². The summed E-state index contributed by atoms with van der Waals surface area (Å²) in [6.45, 7) is 0. The summed E-state index contributed by atoms with van der Waals surface area (Å²) in [5.41, 5.74) is 5.21. The third-order valence-electron chi connectivity index (χ3n) is 6.78. The van der Waals surface area contributed by atoms with Crippen molar-refractivity contribution in [2.45, 2.75) is 6.42 Å². The fraction of sp³-hybridized carbons (Fsp3) is 0.0312. The standard InChI is InChI=1S/C32H22N6O2/c39-28-19-27-23(16-18-33-30(27)36-28)26-11-6-17-34-32(26)40-22-14-12-21(13-15-22)35-31-25-10-5-4-9-24(25)29(37-38-31)20-7-2-1-3-8-20/h1-18H,19H2,(H,35,38)(H,33,36,39). The molecule has 3 aromatic heterocycles. The van der Waals surface area contributed by atoms with Crippen molar-refractivity contribution in [3.05, 3.63) is 115 Å². The molecule has 4 heterocycles. The number of benzene rings is 3. The summed E-state index contributed by atoms with van der Waals surface area (Å²) < 4.78 is 6.20. The minimum absolute atomic E-state index is 0.0726. The van der Waals surface area contributed by atoms with E-state index in [1.54, 1.807) is 12.4 Å². The summed E-state index contributed by atoms with van der Waals surface area (Å²) in [7, 11) is 0. The molecule has 0 fully saturated rings. The van der Waals surface area contributed by atoms with E-state index < -0.39 is 0 Å². The lowest BCUT2D eigenvalue weighted by Gasteiger charge is -2.13. The van der Waals surface area contributed by atoms with Crippen LogP contribution in [-0.4, -0.2) is 26.1 Å². The molecule has 7 rings (SSSR count). The number of rotatable bonds is 6. The van der Waals surface area contributed by atoms with Gasteiger partial charge in [-0.25, -0.2) is 9.97 Å². The number of carbonyl (C=O) groups is 1. The molecule has 6 aromatic rings. The molecule has 8 nitrogen and oxygen atoms in total. The van der Waals surface area contributed by atoms with Crippen LogP contribution in [0.2, 0.25) is 0 Å². The smallest absolute Gasteiger partial charge is 0.230 e. The van der Waals surface area contributed by atoms with E-state index in [9.17, 15) is 4.79 Å². The van der Waals surface area contributed by atoms with Crippen LogP contribution >= 0.6 is 0 Å². The highest BCUT2D eigenvalue weighted by Gasteiger charge is 2.24. The number of anilines is 3. The fourth-order valence-corrected chi connectivity index (χ4v) is 4.91. The molecule has 1 aliphatic heterocycles. The predicted molar refractivity (Wildman–Crippen MR) is 155 cm³/mol. The Kier molecular flexibility index (Phi) is 5.82. The molecule has 2 N–H and O–H groups in total. The first-order chi connectivity index (χ1) is 19.7. The van der Waals surface area contributed by atoms with Crippen molar-refractivity contribution in [2.75, 3.05) is 10.6 Å². The van der Waals surface area contributed by atoms with E-state index in [1.165, 1.54) is 0 Å². The molecule has 1 aliphatic rings. The van der Waals surface area contributed by atoms with E-state index in [2.05, 4.69) is 36.9 Å². The van der Waals surface area contributed by atoms with Gasteiger partial charge in [0.05, 0.1) is 6.42 Å². The van der Waals surface area contributed by atoms with Crippen LogP contribution in [-0.2, 0) is 11.2 Å². The lowest BCUT2D eigenvalue weighted by molar-refractivity contribution is -0.115. The van der Waals surface area contributed by atoms with Gasteiger partial charge in [-0.3, -0.25) is 4.79 Å². The van der Waals surface area contributed by atoms with Crippen molar-refractivity contribution in [3.63, 3.8) is 0 Å². The van der Waals surface area contributed by atoms with Gasteiger partial charge in [0, 0.05) is 45.5 Å². The third-order valence-corrected chi connectivity index (χ3v) is 6.78. The second kappa shape index (κ2) is 9.92. The molecule has 8 heteroatoms. The number of nitrogens with one attached hydrogen (secondary N) is 2. The molecule has 0 bridgehead atoms. The zero-order chi connectivity index (χ0) is 26.9. The average molecular weight is 523 g/mol. The first kappa shape index (κ1) is 23.5. The third kappa shape index (κ3) is 4.37. The number of pyridine rings is 2. The number of hydrogen-bond donors (Lipinski definition) is 2. The molecule has 40 heavy (non-hydrogen) atoms. The molecule has 3 aromatic carbocycles. The molecule has 192 valence electrons. The molecular formula is C32H22N6O2. The topological polar surface area (TPSA) is 102 Å². The maximum Gasteiger partial charge on any atom is 0.230 e. The van der Waals surface area contributed by atoms with Crippen molar-refractivity contribution in [2.24, 2.45) is 0 Å². The van der Waals surface area contributed by atoms with Crippen LogP contribution in [0.3, 0.4) is 0 Å². The molecule has 0 saturated carbocycles. The van der Waals surface area contributed by atoms with Gasteiger partial charge in [0.25, 0.3) is 0 Å². The second-order valence-corrected chi connectivity index (χ2v) is 9.33. The van der Waals surface area contributed by atoms with Crippen LogP contribution in [0.1, 0.15) is 5.56 Å². The second-order valence-electron chi connectivity index (χ2n) is 9.33. The van der Waals surface area contributed by atoms with Gasteiger partial charge < -0.3 is 15.4 Å². The first-order valence-corrected chi connectivity index (χ1v) is 12.8. The number of amides is 1. The molecule has 0 unspecified atom stereocenters. The summed E-state index contributed by atoms with van der Waals surface area (Å²) in [6.07, 6.45) is 3.63. The summed E-state index contributed by atoms with van der Waals surface area (Å²) >= 11 is 0. The summed E-state index contributed by atoms with van der Waals surface area (Å²) in [6, 6.07) is 31.4. The number of carbonyl (C=O) groups excluding carboxylic acids is 1. The first-order valence-electron chi connectivity index (χ1n) is 12.8. The van der Waals surface area contributed by atoms with Crippen LogP contribution < -0.4 is 15.4 Å². The van der Waals surface area contributed by atoms with Gasteiger partial charge >= 0.3 is 0 Å². The summed E-state index contributed by atoms with van der Waals surface area (Å²) in [5, 5.41) is 17.2. The Labute approximate surface area is 229 Å². The Morgan fingerprint density at radius 1 is 0.725 bits per heavy atom. The SMILES string of the molecule is O=C1Cc2c(-c3cccnc3Oc3ccc(Nc4nnc(-c5ccccc5)c5ccccc45)cc3)ccnc2N1. The molecule has 1 amide bonds. The van der Waals surface area contributed by atoms with Crippen LogP contribution in [0.4, 0.5) is 17.3 Å². The zero-order valence-electron chi connectivity index (χ0n) is 21.2. The highest BCUT2D eigenvalue weighted by Crippen LogP contribution is 2.38. The number of nitrogens with zero attached hydrogens (tertiary/aromatic N) is 4. The largest absolute Gasteiger partial charge is 0.438 e. The Morgan fingerprint density at radius 3 is 2.38 bits per heavy atom. The van der Waals surface area contributed by atoms with Crippen molar-refractivity contribution in [1.82, 2.24) is 20.2 Å². The van der Waals surface area contributed by atoms with Crippen LogP contribution in [0.5, 0.6) is 11.6 Å². The number of aromatic nitrogens is 4. The normalized spacial score (nSPS) is 12.2. The van der Waals surface area contributed by atoms with Crippen molar-refractivity contribution < 1.29 is 9.53 Å². The van der Waals surface area contributed by atoms with E-state index in [-0.39, 0.29) is 12.3 Å². The summed E-state index contributed by atoms with van der Waals surface area (Å²) in [5.74, 6) is 2.26. The van der Waals surface area contributed by atoms with Crippen molar-refractivity contribution >= 4 is 34.0 Å². The van der Waals surface area contributed by atoms with Gasteiger partial charge in [0.15, 0.2) is 5.82 Å². The maximum absolute atomic E-state index is 12.0. The monoisotopic (exact) mass is 522 g/mol. The highest BCUT2D eigenvalue weighted by atomic mass is 16.5. The molecule has 0 atom stereocenters. The highest BCUT2D eigenvalue weighted by molar-refractivity contribution is 6.01. The van der Waals surface area contributed by atoms with E-state index in [1.807, 2.05) is 91.0 Å². The van der Waals surface area contributed by atoms with Crippen LogP contribution in [0.15, 0.2) is 109 Å². The Bertz CT molecular complexity index is 1870.